The molecule has 2 nitrogen and oxygen atoms in total. The Hall–Kier alpha value is -0.830. The van der Waals surface area contributed by atoms with Crippen molar-refractivity contribution >= 4 is 28.3 Å². The minimum Gasteiger partial charge on any atom is -0.358 e. The summed E-state index contributed by atoms with van der Waals surface area (Å²) in [7, 11) is 0. The topological polar surface area (TPSA) is 32.9 Å². The van der Waals surface area contributed by atoms with E-state index in [-0.39, 0.29) is 0 Å². The summed E-state index contributed by atoms with van der Waals surface area (Å²) in [4.78, 5) is 13.1. The van der Waals surface area contributed by atoms with Crippen LogP contribution >= 0.6 is 15.9 Å². The molecule has 0 bridgehead atoms. The molecule has 0 unspecified atom stereocenters. The first-order valence-corrected chi connectivity index (χ1v) is 4.85. The first kappa shape index (κ1) is 9.26. The van der Waals surface area contributed by atoms with Gasteiger partial charge in [0.2, 0.25) is 0 Å². The molecule has 0 saturated heterocycles. The molecule has 0 fully saturated rings. The lowest BCUT2D eigenvalue weighted by molar-refractivity contribution is 0.111. The van der Waals surface area contributed by atoms with E-state index in [0.29, 0.717) is 5.69 Å². The van der Waals surface area contributed by atoms with Gasteiger partial charge in [-0.25, -0.2) is 0 Å². The number of carbonyl (C=O) groups excluding carboxylic acids is 1. The maximum Gasteiger partial charge on any atom is 0.166 e. The van der Waals surface area contributed by atoms with Crippen molar-refractivity contribution in [3.05, 3.63) is 29.6 Å². The Kier molecular flexibility index (Phi) is 3.80. The van der Waals surface area contributed by atoms with Crippen LogP contribution in [0.15, 0.2) is 18.3 Å². The van der Waals surface area contributed by atoms with E-state index < -0.39 is 0 Å². The molecule has 3 heteroatoms. The number of H-pyrrole nitrogens is 1. The number of hydrogen-bond donors (Lipinski definition) is 1. The third-order valence-electron chi connectivity index (χ3n) is 1.44. The van der Waals surface area contributed by atoms with Crippen molar-refractivity contribution in [3.8, 4) is 0 Å². The molecule has 0 aliphatic heterocycles. The molecule has 0 amide bonds. The number of allylic oxidation sites excluding steroid dienone is 1. The summed E-state index contributed by atoms with van der Waals surface area (Å²) in [6.07, 6.45) is 7.68. The van der Waals surface area contributed by atoms with Gasteiger partial charge in [0.15, 0.2) is 6.29 Å². The largest absolute Gasteiger partial charge is 0.358 e. The first-order chi connectivity index (χ1) is 5.86. The lowest BCUT2D eigenvalue weighted by atomic mass is 10.3. The van der Waals surface area contributed by atoms with Crippen molar-refractivity contribution in [2.45, 2.75) is 6.42 Å². The van der Waals surface area contributed by atoms with Crippen LogP contribution in [0.3, 0.4) is 0 Å². The second-order valence-electron chi connectivity index (χ2n) is 2.39. The molecule has 0 aliphatic rings. The Morgan fingerprint density at radius 2 is 2.42 bits per heavy atom. The van der Waals surface area contributed by atoms with Gasteiger partial charge in [-0.05, 0) is 18.1 Å². The second kappa shape index (κ2) is 4.93. The van der Waals surface area contributed by atoms with Crippen LogP contribution in [0, 0.1) is 0 Å². The van der Waals surface area contributed by atoms with Gasteiger partial charge in [-0.2, -0.15) is 0 Å². The maximum atomic E-state index is 10.3. The van der Waals surface area contributed by atoms with Crippen molar-refractivity contribution in [2.75, 3.05) is 5.33 Å². The molecule has 0 aromatic carbocycles. The zero-order valence-electron chi connectivity index (χ0n) is 6.59. The zero-order chi connectivity index (χ0) is 8.81. The predicted molar refractivity (Wildman–Crippen MR) is 53.6 cm³/mol. The van der Waals surface area contributed by atoms with E-state index in [1.165, 1.54) is 0 Å². The summed E-state index contributed by atoms with van der Waals surface area (Å²) in [5, 5.41) is 0.967. The van der Waals surface area contributed by atoms with Gasteiger partial charge in [0.05, 0.1) is 5.69 Å². The number of aromatic nitrogens is 1. The molecule has 12 heavy (non-hydrogen) atoms. The van der Waals surface area contributed by atoms with Crippen LogP contribution in [-0.4, -0.2) is 16.6 Å². The smallest absolute Gasteiger partial charge is 0.166 e. The third kappa shape index (κ3) is 2.66. The number of rotatable bonds is 4. The monoisotopic (exact) mass is 227 g/mol. The van der Waals surface area contributed by atoms with Crippen LogP contribution in [0.1, 0.15) is 22.5 Å². The molecule has 1 N–H and O–H groups in total. The Morgan fingerprint density at radius 3 is 3.00 bits per heavy atom. The summed E-state index contributed by atoms with van der Waals surface area (Å²) in [6, 6.07) is 1.82. The van der Waals surface area contributed by atoms with Crippen molar-refractivity contribution in [1.82, 2.24) is 4.98 Å². The maximum absolute atomic E-state index is 10.3. The lowest BCUT2D eigenvalue weighted by Gasteiger charge is -1.82. The van der Waals surface area contributed by atoms with Crippen LogP contribution in [0.4, 0.5) is 0 Å². The number of aromatic amines is 1. The average molecular weight is 228 g/mol. The third-order valence-corrected chi connectivity index (χ3v) is 1.90. The summed E-state index contributed by atoms with van der Waals surface area (Å²) in [5.74, 6) is 0. The molecule has 64 valence electrons. The Balaban J connectivity index is 2.57. The van der Waals surface area contributed by atoms with E-state index >= 15 is 0 Å². The molecule has 0 aliphatic carbocycles. The fourth-order valence-electron chi connectivity index (χ4n) is 0.876. The van der Waals surface area contributed by atoms with Crippen molar-refractivity contribution in [3.63, 3.8) is 0 Å². The minimum absolute atomic E-state index is 0.619. The number of aldehydes is 1. The summed E-state index contributed by atoms with van der Waals surface area (Å²) in [6.45, 7) is 0. The van der Waals surface area contributed by atoms with Crippen LogP contribution in [0.25, 0.3) is 6.08 Å². The molecule has 1 aromatic heterocycles. The van der Waals surface area contributed by atoms with Gasteiger partial charge in [0, 0.05) is 11.5 Å². The summed E-state index contributed by atoms with van der Waals surface area (Å²) in [5.41, 5.74) is 1.66. The van der Waals surface area contributed by atoms with Crippen LogP contribution in [-0.2, 0) is 0 Å². The van der Waals surface area contributed by atoms with Gasteiger partial charge >= 0.3 is 0 Å². The molecule has 0 atom stereocenters. The number of carbonyl (C=O) groups is 1. The van der Waals surface area contributed by atoms with Gasteiger partial charge in [0.1, 0.15) is 0 Å². The number of nitrogens with one attached hydrogen (secondary N) is 1. The molecule has 1 rings (SSSR count). The van der Waals surface area contributed by atoms with Crippen molar-refractivity contribution < 1.29 is 4.79 Å². The van der Waals surface area contributed by atoms with Crippen LogP contribution < -0.4 is 0 Å². The highest BCUT2D eigenvalue weighted by Crippen LogP contribution is 2.04. The fourth-order valence-corrected chi connectivity index (χ4v) is 1.14. The molecule has 0 radical (unpaired) electrons. The normalized spacial score (nSPS) is 10.8. The van der Waals surface area contributed by atoms with Gasteiger partial charge in [-0.1, -0.05) is 28.1 Å². The van der Waals surface area contributed by atoms with E-state index in [1.807, 2.05) is 18.3 Å². The minimum atomic E-state index is 0.619. The van der Waals surface area contributed by atoms with Crippen molar-refractivity contribution in [2.24, 2.45) is 0 Å². The Bertz CT molecular complexity index is 278. The number of hydrogen-bond acceptors (Lipinski definition) is 1. The van der Waals surface area contributed by atoms with E-state index in [9.17, 15) is 4.79 Å². The average Bonchev–Trinajstić information content (AvgIpc) is 2.53. The number of halogens is 1. The highest BCUT2D eigenvalue weighted by molar-refractivity contribution is 9.09. The van der Waals surface area contributed by atoms with Crippen molar-refractivity contribution in [1.29, 1.82) is 0 Å². The van der Waals surface area contributed by atoms with Crippen LogP contribution in [0.2, 0.25) is 0 Å². The Morgan fingerprint density at radius 1 is 1.58 bits per heavy atom. The highest BCUT2D eigenvalue weighted by Gasteiger charge is 1.92. The van der Waals surface area contributed by atoms with E-state index in [0.717, 1.165) is 23.6 Å². The SMILES string of the molecule is O=Cc1cc(C=CCCBr)c[nH]1. The first-order valence-electron chi connectivity index (χ1n) is 3.73. The van der Waals surface area contributed by atoms with E-state index in [2.05, 4.69) is 27.0 Å². The molecule has 0 saturated carbocycles. The molecular formula is C9H10BrNO. The number of alkyl halides is 1. The lowest BCUT2D eigenvalue weighted by Crippen LogP contribution is -1.72. The van der Waals surface area contributed by atoms with Crippen LogP contribution in [0.5, 0.6) is 0 Å². The summed E-state index contributed by atoms with van der Waals surface area (Å²) >= 11 is 3.33. The fraction of sp³-hybridized carbons (Fsp3) is 0.222. The molecular weight excluding hydrogens is 218 g/mol. The van der Waals surface area contributed by atoms with Gasteiger partial charge in [0.25, 0.3) is 0 Å². The molecule has 1 heterocycles. The predicted octanol–water partition coefficient (Wildman–Crippen LogP) is 2.63. The molecule has 1 aromatic rings. The quantitative estimate of drug-likeness (QED) is 0.623. The van der Waals surface area contributed by atoms with Gasteiger partial charge in [-0.3, -0.25) is 4.79 Å². The van der Waals surface area contributed by atoms with Gasteiger partial charge in [-0.15, -0.1) is 0 Å². The standard InChI is InChI=1S/C9H10BrNO/c10-4-2-1-3-8-5-9(7-12)11-6-8/h1,3,5-7,11H,2,4H2. The van der Waals surface area contributed by atoms with E-state index in [4.69, 9.17) is 0 Å². The second-order valence-corrected chi connectivity index (χ2v) is 3.18. The summed E-state index contributed by atoms with van der Waals surface area (Å²) < 4.78 is 0. The zero-order valence-corrected chi connectivity index (χ0v) is 8.17. The highest BCUT2D eigenvalue weighted by atomic mass is 79.9. The molecule has 0 spiro atoms. The van der Waals surface area contributed by atoms with E-state index in [1.54, 1.807) is 0 Å². The Labute approximate surface area is 79.8 Å². The van der Waals surface area contributed by atoms with Gasteiger partial charge < -0.3 is 4.98 Å².